The van der Waals surface area contributed by atoms with E-state index < -0.39 is 0 Å². The second-order valence-corrected chi connectivity index (χ2v) is 5.59. The van der Waals surface area contributed by atoms with Crippen LogP contribution < -0.4 is 5.32 Å². The van der Waals surface area contributed by atoms with Crippen molar-refractivity contribution in [2.75, 3.05) is 25.1 Å². The Morgan fingerprint density at radius 3 is 2.75 bits per heavy atom. The lowest BCUT2D eigenvalue weighted by Gasteiger charge is -2.38. The number of halogens is 2. The van der Waals surface area contributed by atoms with Gasteiger partial charge in [-0.25, -0.2) is 4.39 Å². The van der Waals surface area contributed by atoms with Crippen LogP contribution in [-0.4, -0.2) is 19.8 Å². The zero-order valence-corrected chi connectivity index (χ0v) is 11.0. The molecule has 16 heavy (non-hydrogen) atoms. The summed E-state index contributed by atoms with van der Waals surface area (Å²) in [6.45, 7) is 6.52. The van der Waals surface area contributed by atoms with Crippen LogP contribution in [0.5, 0.6) is 0 Å². The van der Waals surface area contributed by atoms with E-state index in [9.17, 15) is 4.39 Å². The molecule has 1 N–H and O–H groups in total. The first-order valence-electron chi connectivity index (χ1n) is 5.27. The Bertz CT molecular complexity index is 404. The van der Waals surface area contributed by atoms with Crippen molar-refractivity contribution < 1.29 is 9.13 Å². The summed E-state index contributed by atoms with van der Waals surface area (Å²) in [7, 11) is 0. The lowest BCUT2D eigenvalue weighted by Crippen LogP contribution is -2.45. The van der Waals surface area contributed by atoms with Crippen molar-refractivity contribution in [3.05, 3.63) is 28.0 Å². The second kappa shape index (κ2) is 4.34. The van der Waals surface area contributed by atoms with Crippen LogP contribution in [0.3, 0.4) is 0 Å². The Labute approximate surface area is 103 Å². The number of anilines is 1. The highest BCUT2D eigenvalue weighted by Gasteiger charge is 2.33. The average molecular weight is 288 g/mol. The second-order valence-electron chi connectivity index (χ2n) is 4.74. The molecule has 1 aromatic carbocycles. The van der Waals surface area contributed by atoms with E-state index in [0.717, 1.165) is 31.0 Å². The lowest BCUT2D eigenvalue weighted by atomic mass is 9.88. The van der Waals surface area contributed by atoms with Crippen molar-refractivity contribution in [3.63, 3.8) is 0 Å². The third-order valence-corrected chi connectivity index (χ3v) is 3.48. The van der Waals surface area contributed by atoms with Gasteiger partial charge < -0.3 is 10.1 Å². The van der Waals surface area contributed by atoms with E-state index in [2.05, 4.69) is 28.2 Å². The molecule has 0 amide bonds. The molecule has 1 aromatic rings. The summed E-state index contributed by atoms with van der Waals surface area (Å²) in [5.41, 5.74) is 2.11. The Morgan fingerprint density at radius 1 is 1.50 bits per heavy atom. The Balaban J connectivity index is 2.06. The van der Waals surface area contributed by atoms with Gasteiger partial charge in [0.15, 0.2) is 0 Å². The number of nitrogens with one attached hydrogen (secondary N) is 1. The van der Waals surface area contributed by atoms with E-state index >= 15 is 0 Å². The third-order valence-electron chi connectivity index (χ3n) is 2.87. The molecule has 0 bridgehead atoms. The highest BCUT2D eigenvalue weighted by atomic mass is 79.9. The minimum atomic E-state index is -0.221. The average Bonchev–Trinajstić information content (AvgIpc) is 2.19. The van der Waals surface area contributed by atoms with Gasteiger partial charge in [-0.05, 0) is 40.5 Å². The normalized spacial score (nSPS) is 18.0. The molecule has 4 heteroatoms. The maximum absolute atomic E-state index is 13.2. The van der Waals surface area contributed by atoms with E-state index in [0.29, 0.717) is 4.47 Å². The number of ether oxygens (including phenoxy) is 1. The van der Waals surface area contributed by atoms with Crippen molar-refractivity contribution in [2.45, 2.75) is 13.8 Å². The fourth-order valence-corrected chi connectivity index (χ4v) is 2.04. The van der Waals surface area contributed by atoms with Crippen LogP contribution in [0.1, 0.15) is 12.5 Å². The van der Waals surface area contributed by atoms with E-state index in [4.69, 9.17) is 4.74 Å². The molecule has 0 atom stereocenters. The summed E-state index contributed by atoms with van der Waals surface area (Å²) in [4.78, 5) is 0. The van der Waals surface area contributed by atoms with E-state index in [1.54, 1.807) is 6.07 Å². The first-order chi connectivity index (χ1) is 7.50. The molecule has 1 saturated heterocycles. The molecule has 0 aliphatic carbocycles. The first-order valence-corrected chi connectivity index (χ1v) is 6.07. The Kier molecular flexibility index (Phi) is 3.22. The smallest absolute Gasteiger partial charge is 0.137 e. The zero-order valence-electron chi connectivity index (χ0n) is 9.44. The Hall–Kier alpha value is -0.610. The molecule has 1 heterocycles. The molecule has 0 spiro atoms. The maximum Gasteiger partial charge on any atom is 0.137 e. The monoisotopic (exact) mass is 287 g/mol. The van der Waals surface area contributed by atoms with Gasteiger partial charge in [-0.1, -0.05) is 6.92 Å². The standard InChI is InChI=1S/C12H15BrFNO/c1-8-3-10(14)9(13)4-11(8)15-5-12(2)6-16-7-12/h3-4,15H,5-7H2,1-2H3. The summed E-state index contributed by atoms with van der Waals surface area (Å²) in [6.07, 6.45) is 0. The highest BCUT2D eigenvalue weighted by molar-refractivity contribution is 9.10. The first kappa shape index (κ1) is 11.9. The molecular weight excluding hydrogens is 273 g/mol. The predicted molar refractivity (Wildman–Crippen MR) is 66.3 cm³/mol. The molecule has 2 rings (SSSR count). The third kappa shape index (κ3) is 2.38. The molecule has 0 radical (unpaired) electrons. The summed E-state index contributed by atoms with van der Waals surface area (Å²) in [5, 5.41) is 3.35. The SMILES string of the molecule is Cc1cc(F)c(Br)cc1NCC1(C)COC1. The van der Waals surface area contributed by atoms with Crippen molar-refractivity contribution in [2.24, 2.45) is 5.41 Å². The molecule has 1 fully saturated rings. The molecule has 2 nitrogen and oxygen atoms in total. The van der Waals surface area contributed by atoms with Gasteiger partial charge in [0.05, 0.1) is 17.7 Å². The van der Waals surface area contributed by atoms with E-state index in [1.807, 2.05) is 6.92 Å². The molecule has 1 aliphatic rings. The van der Waals surface area contributed by atoms with Crippen LogP contribution in [0.2, 0.25) is 0 Å². The molecule has 1 aliphatic heterocycles. The van der Waals surface area contributed by atoms with Crippen molar-refractivity contribution in [3.8, 4) is 0 Å². The van der Waals surface area contributed by atoms with Gasteiger partial charge in [0.2, 0.25) is 0 Å². The minimum Gasteiger partial charge on any atom is -0.384 e. The lowest BCUT2D eigenvalue weighted by molar-refractivity contribution is -0.0924. The summed E-state index contributed by atoms with van der Waals surface area (Å²) < 4.78 is 18.9. The summed E-state index contributed by atoms with van der Waals surface area (Å²) >= 11 is 3.19. The van der Waals surface area contributed by atoms with Crippen molar-refractivity contribution in [1.29, 1.82) is 0 Å². The van der Waals surface area contributed by atoms with E-state index in [1.165, 1.54) is 6.07 Å². The van der Waals surface area contributed by atoms with Crippen LogP contribution in [0, 0.1) is 18.2 Å². The fourth-order valence-electron chi connectivity index (χ4n) is 1.70. The number of hydrogen-bond acceptors (Lipinski definition) is 2. The van der Waals surface area contributed by atoms with Gasteiger partial charge in [-0.15, -0.1) is 0 Å². The van der Waals surface area contributed by atoms with Gasteiger partial charge in [-0.2, -0.15) is 0 Å². The van der Waals surface area contributed by atoms with Gasteiger partial charge in [0.25, 0.3) is 0 Å². The van der Waals surface area contributed by atoms with Crippen molar-refractivity contribution in [1.82, 2.24) is 0 Å². The van der Waals surface area contributed by atoms with Gasteiger partial charge in [0, 0.05) is 17.6 Å². The van der Waals surface area contributed by atoms with Crippen LogP contribution >= 0.6 is 15.9 Å². The van der Waals surface area contributed by atoms with Crippen molar-refractivity contribution >= 4 is 21.6 Å². The zero-order chi connectivity index (χ0) is 11.8. The van der Waals surface area contributed by atoms with Crippen LogP contribution in [0.4, 0.5) is 10.1 Å². The topological polar surface area (TPSA) is 21.3 Å². The minimum absolute atomic E-state index is 0.216. The number of hydrogen-bond donors (Lipinski definition) is 1. The quantitative estimate of drug-likeness (QED) is 0.921. The van der Waals surface area contributed by atoms with Gasteiger partial charge in [0.1, 0.15) is 5.82 Å². The van der Waals surface area contributed by atoms with Gasteiger partial charge >= 0.3 is 0 Å². The summed E-state index contributed by atoms with van der Waals surface area (Å²) in [6, 6.07) is 3.32. The summed E-state index contributed by atoms with van der Waals surface area (Å²) in [5.74, 6) is -0.221. The Morgan fingerprint density at radius 2 is 2.19 bits per heavy atom. The van der Waals surface area contributed by atoms with Crippen LogP contribution in [0.25, 0.3) is 0 Å². The molecule has 88 valence electrons. The molecule has 0 aromatic heterocycles. The largest absolute Gasteiger partial charge is 0.384 e. The number of aryl methyl sites for hydroxylation is 1. The number of benzene rings is 1. The van der Waals surface area contributed by atoms with Crippen LogP contribution in [0.15, 0.2) is 16.6 Å². The van der Waals surface area contributed by atoms with Gasteiger partial charge in [-0.3, -0.25) is 0 Å². The number of rotatable bonds is 3. The molecule has 0 saturated carbocycles. The van der Waals surface area contributed by atoms with Crippen LogP contribution in [-0.2, 0) is 4.74 Å². The predicted octanol–water partition coefficient (Wildman–Crippen LogP) is 3.35. The molecular formula is C12H15BrFNO. The van der Waals surface area contributed by atoms with E-state index in [-0.39, 0.29) is 11.2 Å². The molecule has 0 unspecified atom stereocenters. The fraction of sp³-hybridized carbons (Fsp3) is 0.500. The highest BCUT2D eigenvalue weighted by Crippen LogP contribution is 2.29. The maximum atomic E-state index is 13.2.